The van der Waals surface area contributed by atoms with E-state index < -0.39 is 15.9 Å². The van der Waals surface area contributed by atoms with Crippen molar-refractivity contribution in [1.29, 1.82) is 0 Å². The molecule has 0 aliphatic heterocycles. The van der Waals surface area contributed by atoms with E-state index in [2.05, 4.69) is 0 Å². The van der Waals surface area contributed by atoms with Gasteiger partial charge >= 0.3 is 5.91 Å². The third-order valence-electron chi connectivity index (χ3n) is 5.60. The van der Waals surface area contributed by atoms with Crippen molar-refractivity contribution < 1.29 is 27.1 Å². The summed E-state index contributed by atoms with van der Waals surface area (Å²) in [7, 11) is -2.50. The molecular formula is C27H26N2O6S. The summed E-state index contributed by atoms with van der Waals surface area (Å²) in [6.45, 7) is 2.06. The van der Waals surface area contributed by atoms with Crippen LogP contribution in [0.1, 0.15) is 27.4 Å². The second-order valence-electron chi connectivity index (χ2n) is 7.99. The number of carbonyl (C=O) groups is 1. The summed E-state index contributed by atoms with van der Waals surface area (Å²) in [5.41, 5.74) is 8.78. The fraction of sp³-hybridized carbons (Fsp3) is 0.148. The zero-order valence-corrected chi connectivity index (χ0v) is 20.7. The Bertz CT molecular complexity index is 1460. The lowest BCUT2D eigenvalue weighted by Gasteiger charge is -2.13. The lowest BCUT2D eigenvalue weighted by atomic mass is 10.0. The normalized spacial score (nSPS) is 11.2. The molecular weight excluding hydrogens is 480 g/mol. The molecule has 8 nitrogen and oxygen atoms in total. The highest BCUT2D eigenvalue weighted by atomic mass is 32.2. The van der Waals surface area contributed by atoms with Crippen LogP contribution >= 0.6 is 0 Å². The summed E-state index contributed by atoms with van der Waals surface area (Å²) in [5.74, 6) is 0.656. The van der Waals surface area contributed by atoms with Gasteiger partial charge in [-0.05, 0) is 48.4 Å². The van der Waals surface area contributed by atoms with Crippen molar-refractivity contribution in [1.82, 2.24) is 4.72 Å². The van der Waals surface area contributed by atoms with Crippen LogP contribution in [-0.2, 0) is 23.2 Å². The van der Waals surface area contributed by atoms with Crippen molar-refractivity contribution >= 4 is 15.9 Å². The summed E-state index contributed by atoms with van der Waals surface area (Å²) in [6.07, 6.45) is 0. The number of amides is 1. The molecule has 4 rings (SSSR count). The third-order valence-corrected chi connectivity index (χ3v) is 6.94. The number of hydrogen-bond acceptors (Lipinski definition) is 7. The standard InChI is InChI=1S/C27H26N2O6S/c1-18-21(17-34-25-15-22(33-2)10-13-24(25)20-6-4-3-5-7-20)14-26(35-18)27(30)29-36(31,32)23-11-8-19(16-28)9-12-23/h3-15H,16-17,28H2,1-2H3,(H,29,30). The van der Waals surface area contributed by atoms with Crippen LogP contribution in [0.5, 0.6) is 11.5 Å². The number of carbonyl (C=O) groups excluding carboxylic acids is 1. The van der Waals surface area contributed by atoms with Crippen molar-refractivity contribution in [2.45, 2.75) is 25.0 Å². The molecule has 0 saturated carbocycles. The maximum absolute atomic E-state index is 12.7. The number of nitrogens with one attached hydrogen (secondary N) is 1. The predicted octanol–water partition coefficient (Wildman–Crippen LogP) is 4.42. The molecule has 4 aromatic rings. The first-order valence-electron chi connectivity index (χ1n) is 11.1. The van der Waals surface area contributed by atoms with E-state index in [0.717, 1.165) is 16.7 Å². The van der Waals surface area contributed by atoms with E-state index in [0.29, 0.717) is 22.8 Å². The molecule has 1 aromatic heterocycles. The van der Waals surface area contributed by atoms with E-state index in [1.54, 1.807) is 32.2 Å². The van der Waals surface area contributed by atoms with Crippen LogP contribution in [-0.4, -0.2) is 21.4 Å². The first kappa shape index (κ1) is 25.0. The predicted molar refractivity (Wildman–Crippen MR) is 135 cm³/mol. The second-order valence-corrected chi connectivity index (χ2v) is 9.67. The zero-order valence-electron chi connectivity index (χ0n) is 19.9. The molecule has 0 radical (unpaired) electrons. The van der Waals surface area contributed by atoms with Gasteiger partial charge in [0.15, 0.2) is 5.76 Å². The average molecular weight is 507 g/mol. The van der Waals surface area contributed by atoms with Crippen molar-refractivity contribution in [2.75, 3.05) is 7.11 Å². The zero-order chi connectivity index (χ0) is 25.7. The average Bonchev–Trinajstić information content (AvgIpc) is 3.28. The highest BCUT2D eigenvalue weighted by molar-refractivity contribution is 7.90. The Kier molecular flexibility index (Phi) is 7.42. The number of sulfonamides is 1. The van der Waals surface area contributed by atoms with Crippen LogP contribution in [0.2, 0.25) is 0 Å². The second kappa shape index (κ2) is 10.7. The molecule has 3 aromatic carbocycles. The van der Waals surface area contributed by atoms with E-state index >= 15 is 0 Å². The van der Waals surface area contributed by atoms with Crippen LogP contribution in [0.4, 0.5) is 0 Å². The van der Waals surface area contributed by atoms with Gasteiger partial charge in [-0.25, -0.2) is 13.1 Å². The number of nitrogens with two attached hydrogens (primary N) is 1. The molecule has 3 N–H and O–H groups in total. The van der Waals surface area contributed by atoms with Crippen LogP contribution < -0.4 is 19.9 Å². The molecule has 0 bridgehead atoms. The topological polar surface area (TPSA) is 121 Å². The quantitative estimate of drug-likeness (QED) is 0.345. The van der Waals surface area contributed by atoms with Gasteiger partial charge in [0.25, 0.3) is 10.0 Å². The summed E-state index contributed by atoms with van der Waals surface area (Å²) >= 11 is 0. The molecule has 0 spiro atoms. The first-order valence-corrected chi connectivity index (χ1v) is 12.6. The Labute approximate surface area is 209 Å². The molecule has 0 fully saturated rings. The monoisotopic (exact) mass is 506 g/mol. The van der Waals surface area contributed by atoms with E-state index in [9.17, 15) is 13.2 Å². The minimum Gasteiger partial charge on any atom is -0.497 e. The number of rotatable bonds is 9. The largest absolute Gasteiger partial charge is 0.497 e. The van der Waals surface area contributed by atoms with Crippen LogP contribution in [0.3, 0.4) is 0 Å². The molecule has 1 amide bonds. The molecule has 186 valence electrons. The lowest BCUT2D eigenvalue weighted by Crippen LogP contribution is -2.30. The van der Waals surface area contributed by atoms with Gasteiger partial charge in [0.05, 0.1) is 12.0 Å². The van der Waals surface area contributed by atoms with Crippen LogP contribution in [0.25, 0.3) is 11.1 Å². The van der Waals surface area contributed by atoms with Gasteiger partial charge in [0.1, 0.15) is 23.9 Å². The van der Waals surface area contributed by atoms with Crippen LogP contribution in [0, 0.1) is 6.92 Å². The SMILES string of the molecule is COc1ccc(-c2ccccc2)c(OCc2cc(C(=O)NS(=O)(=O)c3ccc(CN)cc3)oc2C)c1. The van der Waals surface area contributed by atoms with Gasteiger partial charge in [-0.3, -0.25) is 4.79 Å². The summed E-state index contributed by atoms with van der Waals surface area (Å²) in [6, 6.07) is 22.8. The van der Waals surface area contributed by atoms with Crippen LogP contribution in [0.15, 0.2) is 88.2 Å². The first-order chi connectivity index (χ1) is 17.3. The number of benzene rings is 3. The Morgan fingerprint density at radius 1 is 1.00 bits per heavy atom. The Morgan fingerprint density at radius 2 is 1.72 bits per heavy atom. The van der Waals surface area contributed by atoms with Crippen molar-refractivity contribution in [3.8, 4) is 22.6 Å². The van der Waals surface area contributed by atoms with E-state index in [1.165, 1.54) is 18.2 Å². The lowest BCUT2D eigenvalue weighted by molar-refractivity contribution is 0.0953. The van der Waals surface area contributed by atoms with Gasteiger partial charge in [0, 0.05) is 23.7 Å². The Morgan fingerprint density at radius 3 is 2.39 bits per heavy atom. The molecule has 0 aliphatic carbocycles. The number of ether oxygens (including phenoxy) is 2. The highest BCUT2D eigenvalue weighted by Crippen LogP contribution is 2.34. The highest BCUT2D eigenvalue weighted by Gasteiger charge is 2.22. The van der Waals surface area contributed by atoms with E-state index in [4.69, 9.17) is 19.6 Å². The maximum atomic E-state index is 12.7. The summed E-state index contributed by atoms with van der Waals surface area (Å²) < 4.78 is 44.2. The molecule has 0 atom stereocenters. The molecule has 9 heteroatoms. The van der Waals surface area contributed by atoms with E-state index in [1.807, 2.05) is 47.2 Å². The number of furan rings is 1. The molecule has 0 aliphatic rings. The molecule has 0 saturated heterocycles. The minimum atomic E-state index is -4.08. The molecule has 1 heterocycles. The van der Waals surface area contributed by atoms with Gasteiger partial charge in [-0.15, -0.1) is 0 Å². The van der Waals surface area contributed by atoms with Gasteiger partial charge in [0.2, 0.25) is 0 Å². The third kappa shape index (κ3) is 5.59. The Balaban J connectivity index is 1.51. The number of hydrogen-bond donors (Lipinski definition) is 2. The fourth-order valence-electron chi connectivity index (χ4n) is 3.57. The van der Waals surface area contributed by atoms with Crippen molar-refractivity contribution in [3.63, 3.8) is 0 Å². The van der Waals surface area contributed by atoms with E-state index in [-0.39, 0.29) is 23.8 Å². The number of methoxy groups -OCH3 is 1. The minimum absolute atomic E-state index is 0.0497. The van der Waals surface area contributed by atoms with Crippen molar-refractivity contribution in [2.24, 2.45) is 5.73 Å². The molecule has 36 heavy (non-hydrogen) atoms. The molecule has 0 unspecified atom stereocenters. The summed E-state index contributed by atoms with van der Waals surface area (Å²) in [5, 5.41) is 0. The van der Waals surface area contributed by atoms with Gasteiger partial charge < -0.3 is 19.6 Å². The van der Waals surface area contributed by atoms with Crippen molar-refractivity contribution in [3.05, 3.63) is 102 Å². The number of aryl methyl sites for hydroxylation is 1. The Hall–Kier alpha value is -4.08. The summed E-state index contributed by atoms with van der Waals surface area (Å²) in [4.78, 5) is 12.6. The van der Waals surface area contributed by atoms with Gasteiger partial charge in [-0.1, -0.05) is 42.5 Å². The fourth-order valence-corrected chi connectivity index (χ4v) is 4.53. The van der Waals surface area contributed by atoms with Gasteiger partial charge in [-0.2, -0.15) is 0 Å². The smallest absolute Gasteiger partial charge is 0.300 e. The maximum Gasteiger partial charge on any atom is 0.300 e.